The van der Waals surface area contributed by atoms with Gasteiger partial charge in [0.1, 0.15) is 5.69 Å². The average Bonchev–Trinajstić information content (AvgIpc) is 2.34. The SMILES string of the molecule is CCC(C#Cc1cc(N)c(N)c([N+](=O)[O-])c1)CC. The molecule has 96 valence electrons. The van der Waals surface area contributed by atoms with E-state index in [9.17, 15) is 10.1 Å². The number of nitrogens with two attached hydrogens (primary N) is 2. The number of hydrogen-bond donors (Lipinski definition) is 2. The Bertz CT molecular complexity index is 511. The standard InChI is InChI=1S/C13H17N3O2/c1-3-9(4-2)5-6-10-7-11(14)13(15)12(8-10)16(17)18/h7-9H,3-4,14-15H2,1-2H3. The van der Waals surface area contributed by atoms with Gasteiger partial charge in [0.2, 0.25) is 0 Å². The predicted octanol–water partition coefficient (Wildman–Crippen LogP) is 2.55. The van der Waals surface area contributed by atoms with Crippen LogP contribution in [0.4, 0.5) is 17.1 Å². The lowest BCUT2D eigenvalue weighted by molar-refractivity contribution is -0.383. The van der Waals surface area contributed by atoms with Crippen LogP contribution in [0.2, 0.25) is 0 Å². The molecule has 0 radical (unpaired) electrons. The first kappa shape index (κ1) is 13.8. The first-order valence-corrected chi connectivity index (χ1v) is 5.84. The number of nitro benzene ring substituents is 1. The number of anilines is 2. The highest BCUT2D eigenvalue weighted by Crippen LogP contribution is 2.28. The van der Waals surface area contributed by atoms with E-state index in [0.29, 0.717) is 11.5 Å². The second-order valence-corrected chi connectivity index (χ2v) is 4.04. The molecular formula is C13H17N3O2. The van der Waals surface area contributed by atoms with Crippen molar-refractivity contribution in [2.24, 2.45) is 5.92 Å². The lowest BCUT2D eigenvalue weighted by Crippen LogP contribution is -2.01. The summed E-state index contributed by atoms with van der Waals surface area (Å²) in [4.78, 5) is 10.3. The molecule has 0 heterocycles. The molecule has 0 spiro atoms. The number of nitro groups is 1. The molecule has 18 heavy (non-hydrogen) atoms. The minimum atomic E-state index is -0.548. The summed E-state index contributed by atoms with van der Waals surface area (Å²) in [6.45, 7) is 4.12. The normalized spacial score (nSPS) is 9.94. The number of nitrogens with zero attached hydrogens (tertiary/aromatic N) is 1. The zero-order valence-electron chi connectivity index (χ0n) is 10.6. The lowest BCUT2D eigenvalue weighted by Gasteiger charge is -2.03. The van der Waals surface area contributed by atoms with E-state index in [1.807, 2.05) is 0 Å². The molecule has 0 amide bonds. The molecule has 0 aliphatic carbocycles. The van der Waals surface area contributed by atoms with Crippen molar-refractivity contribution >= 4 is 17.1 Å². The Morgan fingerprint density at radius 3 is 2.44 bits per heavy atom. The highest BCUT2D eigenvalue weighted by molar-refractivity contribution is 5.76. The van der Waals surface area contributed by atoms with Gasteiger partial charge in [0.15, 0.2) is 0 Å². The Labute approximate surface area is 106 Å². The fraction of sp³-hybridized carbons (Fsp3) is 0.385. The molecule has 0 aliphatic rings. The zero-order valence-corrected chi connectivity index (χ0v) is 10.6. The van der Waals surface area contributed by atoms with Crippen molar-refractivity contribution in [1.29, 1.82) is 0 Å². The molecule has 0 atom stereocenters. The van der Waals surface area contributed by atoms with E-state index in [1.165, 1.54) is 6.07 Å². The van der Waals surface area contributed by atoms with Crippen LogP contribution < -0.4 is 11.5 Å². The summed E-state index contributed by atoms with van der Waals surface area (Å²) in [7, 11) is 0. The summed E-state index contributed by atoms with van der Waals surface area (Å²) in [5, 5.41) is 10.8. The second-order valence-electron chi connectivity index (χ2n) is 4.04. The zero-order chi connectivity index (χ0) is 13.7. The Morgan fingerprint density at radius 2 is 1.94 bits per heavy atom. The Kier molecular flexibility index (Phi) is 4.55. The van der Waals surface area contributed by atoms with Gasteiger partial charge in [0.05, 0.1) is 10.6 Å². The fourth-order valence-electron chi connectivity index (χ4n) is 1.56. The summed E-state index contributed by atoms with van der Waals surface area (Å²) in [5.41, 5.74) is 11.7. The van der Waals surface area contributed by atoms with Gasteiger partial charge in [-0.05, 0) is 18.9 Å². The highest BCUT2D eigenvalue weighted by atomic mass is 16.6. The topological polar surface area (TPSA) is 95.2 Å². The summed E-state index contributed by atoms with van der Waals surface area (Å²) >= 11 is 0. The minimum Gasteiger partial charge on any atom is -0.397 e. The minimum absolute atomic E-state index is 0.00640. The van der Waals surface area contributed by atoms with E-state index in [-0.39, 0.29) is 17.1 Å². The van der Waals surface area contributed by atoms with E-state index in [2.05, 4.69) is 25.7 Å². The Balaban J connectivity index is 3.15. The molecule has 0 fully saturated rings. The van der Waals surface area contributed by atoms with Crippen LogP contribution in [-0.2, 0) is 0 Å². The molecule has 0 saturated carbocycles. The van der Waals surface area contributed by atoms with E-state index in [4.69, 9.17) is 11.5 Å². The first-order valence-electron chi connectivity index (χ1n) is 5.84. The van der Waals surface area contributed by atoms with Crippen molar-refractivity contribution in [2.75, 3.05) is 11.5 Å². The molecular weight excluding hydrogens is 230 g/mol. The molecule has 1 aromatic rings. The van der Waals surface area contributed by atoms with E-state index in [0.717, 1.165) is 12.8 Å². The van der Waals surface area contributed by atoms with Crippen LogP contribution in [0.25, 0.3) is 0 Å². The molecule has 1 aromatic carbocycles. The second kappa shape index (κ2) is 5.92. The van der Waals surface area contributed by atoms with Crippen molar-refractivity contribution in [3.05, 3.63) is 27.8 Å². The molecule has 4 N–H and O–H groups in total. The number of nitrogen functional groups attached to an aromatic ring is 2. The third kappa shape index (κ3) is 3.14. The largest absolute Gasteiger partial charge is 0.397 e. The summed E-state index contributed by atoms with van der Waals surface area (Å²) in [5.74, 6) is 6.29. The van der Waals surface area contributed by atoms with Crippen LogP contribution >= 0.6 is 0 Å². The van der Waals surface area contributed by atoms with Gasteiger partial charge in [-0.2, -0.15) is 0 Å². The van der Waals surface area contributed by atoms with Gasteiger partial charge in [-0.25, -0.2) is 0 Å². The van der Waals surface area contributed by atoms with Crippen LogP contribution in [0.15, 0.2) is 12.1 Å². The van der Waals surface area contributed by atoms with Crippen LogP contribution in [0, 0.1) is 27.9 Å². The van der Waals surface area contributed by atoms with E-state index < -0.39 is 4.92 Å². The number of rotatable bonds is 3. The summed E-state index contributed by atoms with van der Waals surface area (Å²) in [6, 6.07) is 2.93. The van der Waals surface area contributed by atoms with Gasteiger partial charge in [0.25, 0.3) is 5.69 Å². The highest BCUT2D eigenvalue weighted by Gasteiger charge is 2.14. The molecule has 5 heteroatoms. The molecule has 0 saturated heterocycles. The van der Waals surface area contributed by atoms with Crippen molar-refractivity contribution in [3.63, 3.8) is 0 Å². The first-order chi connectivity index (χ1) is 8.49. The van der Waals surface area contributed by atoms with Crippen molar-refractivity contribution in [2.45, 2.75) is 26.7 Å². The van der Waals surface area contributed by atoms with Crippen LogP contribution in [-0.4, -0.2) is 4.92 Å². The third-order valence-corrected chi connectivity index (χ3v) is 2.79. The van der Waals surface area contributed by atoms with Gasteiger partial charge in [-0.1, -0.05) is 25.7 Å². The Morgan fingerprint density at radius 1 is 1.33 bits per heavy atom. The smallest absolute Gasteiger partial charge is 0.295 e. The Hall–Kier alpha value is -2.22. The maximum Gasteiger partial charge on any atom is 0.295 e. The number of hydrogen-bond acceptors (Lipinski definition) is 4. The fourth-order valence-corrected chi connectivity index (χ4v) is 1.56. The van der Waals surface area contributed by atoms with E-state index in [1.54, 1.807) is 6.07 Å². The monoisotopic (exact) mass is 247 g/mol. The predicted molar refractivity (Wildman–Crippen MR) is 72.9 cm³/mol. The van der Waals surface area contributed by atoms with Crippen LogP contribution in [0.3, 0.4) is 0 Å². The van der Waals surface area contributed by atoms with Gasteiger partial charge in [-0.3, -0.25) is 10.1 Å². The number of benzene rings is 1. The van der Waals surface area contributed by atoms with Crippen molar-refractivity contribution in [1.82, 2.24) is 0 Å². The van der Waals surface area contributed by atoms with Crippen molar-refractivity contribution < 1.29 is 4.92 Å². The van der Waals surface area contributed by atoms with Gasteiger partial charge < -0.3 is 11.5 Å². The maximum absolute atomic E-state index is 10.8. The third-order valence-electron chi connectivity index (χ3n) is 2.79. The van der Waals surface area contributed by atoms with Crippen LogP contribution in [0.1, 0.15) is 32.3 Å². The van der Waals surface area contributed by atoms with Gasteiger partial charge >= 0.3 is 0 Å². The maximum atomic E-state index is 10.8. The summed E-state index contributed by atoms with van der Waals surface area (Å²) in [6.07, 6.45) is 1.91. The molecule has 0 unspecified atom stereocenters. The van der Waals surface area contributed by atoms with Crippen molar-refractivity contribution in [3.8, 4) is 11.8 Å². The average molecular weight is 247 g/mol. The van der Waals surface area contributed by atoms with Crippen LogP contribution in [0.5, 0.6) is 0 Å². The van der Waals surface area contributed by atoms with Gasteiger partial charge in [-0.15, -0.1) is 0 Å². The summed E-state index contributed by atoms with van der Waals surface area (Å²) < 4.78 is 0. The molecule has 0 bridgehead atoms. The van der Waals surface area contributed by atoms with E-state index >= 15 is 0 Å². The molecule has 5 nitrogen and oxygen atoms in total. The lowest BCUT2D eigenvalue weighted by atomic mass is 10.0. The quantitative estimate of drug-likeness (QED) is 0.371. The molecule has 1 rings (SSSR count). The molecule has 0 aromatic heterocycles. The molecule has 0 aliphatic heterocycles. The van der Waals surface area contributed by atoms with Gasteiger partial charge in [0, 0.05) is 17.5 Å².